The largest absolute Gasteiger partial charge is 0.351 e. The molecule has 0 saturated carbocycles. The molecule has 2 saturated heterocycles. The summed E-state index contributed by atoms with van der Waals surface area (Å²) in [6, 6.07) is 0.281. The van der Waals surface area contributed by atoms with Crippen molar-refractivity contribution in [3.05, 3.63) is 24.4 Å². The number of carbonyl (C=O) groups excluding carboxylic acids is 1. The average Bonchev–Trinajstić information content (AvgIpc) is 3.27. The molecule has 0 spiro atoms. The monoisotopic (exact) mass is 352 g/mol. The van der Waals surface area contributed by atoms with Gasteiger partial charge in [0.15, 0.2) is 5.65 Å². The van der Waals surface area contributed by atoms with Crippen molar-refractivity contribution < 1.29 is 4.79 Å². The van der Waals surface area contributed by atoms with Crippen LogP contribution in [0.25, 0.3) is 11.0 Å². The van der Waals surface area contributed by atoms with Crippen molar-refractivity contribution in [3.8, 4) is 0 Å². The number of carbonyl (C=O) groups is 1. The van der Waals surface area contributed by atoms with Gasteiger partial charge in [-0.25, -0.2) is 9.97 Å². The number of rotatable bonds is 3. The molecule has 0 aliphatic carbocycles. The Bertz CT molecular complexity index is 1000. The van der Waals surface area contributed by atoms with E-state index in [1.807, 2.05) is 35.9 Å². The van der Waals surface area contributed by atoms with Crippen LogP contribution in [0.3, 0.4) is 0 Å². The van der Waals surface area contributed by atoms with E-state index in [0.717, 1.165) is 54.4 Å². The summed E-state index contributed by atoms with van der Waals surface area (Å²) in [5.41, 5.74) is 1.75. The summed E-state index contributed by atoms with van der Waals surface area (Å²) in [5, 5.41) is 9.75. The third-order valence-electron chi connectivity index (χ3n) is 5.19. The molecule has 0 radical (unpaired) electrons. The summed E-state index contributed by atoms with van der Waals surface area (Å²) < 4.78 is 3.74. The number of aryl methyl sites for hydroxylation is 2. The summed E-state index contributed by atoms with van der Waals surface area (Å²) in [5.74, 6) is 1.86. The van der Waals surface area contributed by atoms with Gasteiger partial charge in [0.05, 0.1) is 29.5 Å². The molecule has 9 heteroatoms. The van der Waals surface area contributed by atoms with E-state index < -0.39 is 0 Å². The number of hydrogen-bond acceptors (Lipinski definition) is 6. The SMILES string of the molecule is Cc1nc(N2CC(n3cc(N4CCCC4=O)cn3)C2)c2cnn(C)c2n1. The minimum atomic E-state index is 0.190. The van der Waals surface area contributed by atoms with E-state index in [0.29, 0.717) is 6.42 Å². The van der Waals surface area contributed by atoms with Crippen molar-refractivity contribution in [2.45, 2.75) is 25.8 Å². The van der Waals surface area contributed by atoms with Crippen LogP contribution in [0.2, 0.25) is 0 Å². The zero-order valence-electron chi connectivity index (χ0n) is 14.8. The van der Waals surface area contributed by atoms with Crippen LogP contribution in [0.4, 0.5) is 11.5 Å². The second kappa shape index (κ2) is 5.52. The van der Waals surface area contributed by atoms with E-state index in [1.165, 1.54) is 0 Å². The molecule has 0 N–H and O–H groups in total. The Hall–Kier alpha value is -2.97. The average molecular weight is 352 g/mol. The van der Waals surface area contributed by atoms with E-state index in [-0.39, 0.29) is 11.9 Å². The quantitative estimate of drug-likeness (QED) is 0.701. The minimum absolute atomic E-state index is 0.190. The predicted molar refractivity (Wildman–Crippen MR) is 96.1 cm³/mol. The van der Waals surface area contributed by atoms with E-state index in [4.69, 9.17) is 0 Å². The van der Waals surface area contributed by atoms with Gasteiger partial charge in [-0.2, -0.15) is 10.2 Å². The first kappa shape index (κ1) is 15.3. The highest BCUT2D eigenvalue weighted by Crippen LogP contribution is 2.32. The highest BCUT2D eigenvalue weighted by molar-refractivity contribution is 5.95. The fraction of sp³-hybridized carbons (Fsp3) is 0.471. The van der Waals surface area contributed by atoms with Gasteiger partial charge in [-0.3, -0.25) is 14.2 Å². The summed E-state index contributed by atoms with van der Waals surface area (Å²) in [6.07, 6.45) is 7.16. The van der Waals surface area contributed by atoms with Gasteiger partial charge in [-0.15, -0.1) is 0 Å². The Morgan fingerprint density at radius 3 is 2.77 bits per heavy atom. The fourth-order valence-electron chi connectivity index (χ4n) is 3.74. The van der Waals surface area contributed by atoms with Crippen molar-refractivity contribution >= 4 is 28.4 Å². The number of fused-ring (bicyclic) bond motifs is 1. The molecule has 26 heavy (non-hydrogen) atoms. The second-order valence-corrected chi connectivity index (χ2v) is 6.99. The Morgan fingerprint density at radius 2 is 2.00 bits per heavy atom. The van der Waals surface area contributed by atoms with Gasteiger partial charge in [0.2, 0.25) is 5.91 Å². The standard InChI is InChI=1S/C17H20N8O/c1-11-20-16-14(7-18-22(16)2)17(21-11)23-8-13(9-23)25-10-12(6-19-25)24-5-3-4-15(24)26/h6-7,10,13H,3-5,8-9H2,1-2H3. The first-order valence-corrected chi connectivity index (χ1v) is 8.86. The first-order valence-electron chi connectivity index (χ1n) is 8.86. The van der Waals surface area contributed by atoms with Crippen LogP contribution >= 0.6 is 0 Å². The van der Waals surface area contributed by atoms with Crippen LogP contribution < -0.4 is 9.80 Å². The van der Waals surface area contributed by atoms with Crippen LogP contribution in [-0.2, 0) is 11.8 Å². The third-order valence-corrected chi connectivity index (χ3v) is 5.19. The van der Waals surface area contributed by atoms with Crippen molar-refractivity contribution in [1.29, 1.82) is 0 Å². The molecule has 3 aromatic heterocycles. The number of nitrogens with zero attached hydrogens (tertiary/aromatic N) is 8. The number of amides is 1. The lowest BCUT2D eigenvalue weighted by Gasteiger charge is -2.40. The minimum Gasteiger partial charge on any atom is -0.351 e. The maximum absolute atomic E-state index is 11.9. The topological polar surface area (TPSA) is 85.0 Å². The fourth-order valence-corrected chi connectivity index (χ4v) is 3.74. The molecule has 9 nitrogen and oxygen atoms in total. The maximum atomic E-state index is 11.9. The van der Waals surface area contributed by atoms with Gasteiger partial charge in [-0.1, -0.05) is 0 Å². The van der Waals surface area contributed by atoms with Crippen LogP contribution in [0.1, 0.15) is 24.7 Å². The van der Waals surface area contributed by atoms with E-state index >= 15 is 0 Å². The molecule has 5 rings (SSSR count). The van der Waals surface area contributed by atoms with Crippen LogP contribution in [-0.4, -0.2) is 55.1 Å². The normalized spacial score (nSPS) is 18.2. The lowest BCUT2D eigenvalue weighted by molar-refractivity contribution is -0.117. The van der Waals surface area contributed by atoms with Gasteiger partial charge in [0, 0.05) is 39.3 Å². The van der Waals surface area contributed by atoms with Gasteiger partial charge in [-0.05, 0) is 13.3 Å². The molecule has 2 aliphatic heterocycles. The second-order valence-electron chi connectivity index (χ2n) is 6.99. The van der Waals surface area contributed by atoms with Gasteiger partial charge in [0.1, 0.15) is 11.6 Å². The maximum Gasteiger partial charge on any atom is 0.227 e. The van der Waals surface area contributed by atoms with Gasteiger partial charge in [0.25, 0.3) is 0 Å². The summed E-state index contributed by atoms with van der Waals surface area (Å²) in [6.45, 7) is 4.35. The Kier molecular flexibility index (Phi) is 3.25. The number of aromatic nitrogens is 6. The van der Waals surface area contributed by atoms with Crippen LogP contribution in [0.5, 0.6) is 0 Å². The lowest BCUT2D eigenvalue weighted by atomic mass is 10.1. The Labute approximate surface area is 150 Å². The van der Waals surface area contributed by atoms with Crippen molar-refractivity contribution in [2.75, 3.05) is 29.4 Å². The molecule has 5 heterocycles. The molecule has 1 amide bonds. The molecule has 0 bridgehead atoms. The van der Waals surface area contributed by atoms with E-state index in [9.17, 15) is 4.79 Å². The summed E-state index contributed by atoms with van der Waals surface area (Å²) >= 11 is 0. The number of hydrogen-bond donors (Lipinski definition) is 0. The zero-order chi connectivity index (χ0) is 17.8. The highest BCUT2D eigenvalue weighted by Gasteiger charge is 2.32. The van der Waals surface area contributed by atoms with Crippen molar-refractivity contribution in [1.82, 2.24) is 29.5 Å². The summed E-state index contributed by atoms with van der Waals surface area (Å²) in [4.78, 5) is 25.0. The van der Waals surface area contributed by atoms with Crippen molar-refractivity contribution in [2.24, 2.45) is 7.05 Å². The van der Waals surface area contributed by atoms with Gasteiger partial charge >= 0.3 is 0 Å². The van der Waals surface area contributed by atoms with Crippen molar-refractivity contribution in [3.63, 3.8) is 0 Å². The van der Waals surface area contributed by atoms with Gasteiger partial charge < -0.3 is 9.80 Å². The molecule has 2 aliphatic rings. The molecule has 0 aromatic carbocycles. The molecule has 0 unspecified atom stereocenters. The summed E-state index contributed by atoms with van der Waals surface area (Å²) in [7, 11) is 1.89. The first-order chi connectivity index (χ1) is 12.6. The molecule has 134 valence electrons. The molecule has 2 fully saturated rings. The molecular formula is C17H20N8O. The number of anilines is 2. The molecular weight excluding hydrogens is 332 g/mol. The Morgan fingerprint density at radius 1 is 1.15 bits per heavy atom. The third kappa shape index (κ3) is 2.27. The zero-order valence-corrected chi connectivity index (χ0v) is 14.8. The van der Waals surface area contributed by atoms with E-state index in [1.54, 1.807) is 10.9 Å². The predicted octanol–water partition coefficient (Wildman–Crippen LogP) is 1.06. The van der Waals surface area contributed by atoms with Crippen LogP contribution in [0, 0.1) is 6.92 Å². The lowest BCUT2D eigenvalue weighted by Crippen LogP contribution is -2.48. The Balaban J connectivity index is 1.35. The highest BCUT2D eigenvalue weighted by atomic mass is 16.2. The molecule has 0 atom stereocenters. The smallest absolute Gasteiger partial charge is 0.227 e. The van der Waals surface area contributed by atoms with Crippen LogP contribution in [0.15, 0.2) is 18.6 Å². The van der Waals surface area contributed by atoms with E-state index in [2.05, 4.69) is 25.1 Å². The molecule has 3 aromatic rings.